The number of primary amides is 1. The third-order valence-corrected chi connectivity index (χ3v) is 3.99. The number of nitrogens with two attached hydrogens (primary N) is 1. The quantitative estimate of drug-likeness (QED) is 0.769. The molecule has 2 atom stereocenters. The summed E-state index contributed by atoms with van der Waals surface area (Å²) in [5.74, 6) is 1.18. The molecule has 0 radical (unpaired) electrons. The zero-order chi connectivity index (χ0) is 12.3. The second-order valence-corrected chi connectivity index (χ2v) is 6.04. The largest absolute Gasteiger partial charge is 0.369 e. The number of carbonyl (C=O) groups is 1. The number of nitrogens with one attached hydrogen (secondary N) is 1. The van der Waals surface area contributed by atoms with Gasteiger partial charge in [-0.05, 0) is 38.5 Å². The molecular weight excluding hydrogens is 200 g/mol. The van der Waals surface area contributed by atoms with Crippen LogP contribution in [-0.4, -0.2) is 18.5 Å². The van der Waals surface area contributed by atoms with Gasteiger partial charge in [0.2, 0.25) is 5.91 Å². The Labute approximate surface area is 99.2 Å². The van der Waals surface area contributed by atoms with E-state index in [1.165, 1.54) is 19.3 Å². The Balaban J connectivity index is 2.50. The van der Waals surface area contributed by atoms with Gasteiger partial charge < -0.3 is 11.1 Å². The lowest BCUT2D eigenvalue weighted by atomic mass is 9.78. The Morgan fingerprint density at radius 1 is 1.31 bits per heavy atom. The lowest BCUT2D eigenvalue weighted by Crippen LogP contribution is -2.49. The smallest absolute Gasteiger partial charge is 0.224 e. The highest BCUT2D eigenvalue weighted by Gasteiger charge is 2.31. The van der Waals surface area contributed by atoms with Gasteiger partial charge >= 0.3 is 0 Å². The molecule has 3 N–H and O–H groups in total. The molecule has 0 aliphatic heterocycles. The monoisotopic (exact) mass is 226 g/mol. The molecule has 1 rings (SSSR count). The van der Waals surface area contributed by atoms with Crippen molar-refractivity contribution < 1.29 is 4.79 Å². The fraction of sp³-hybridized carbons (Fsp3) is 0.923. The molecule has 1 aliphatic carbocycles. The van der Waals surface area contributed by atoms with Gasteiger partial charge in [0.25, 0.3) is 0 Å². The van der Waals surface area contributed by atoms with Crippen LogP contribution in [0.15, 0.2) is 0 Å². The Bertz CT molecular complexity index is 240. The van der Waals surface area contributed by atoms with Crippen molar-refractivity contribution >= 4 is 5.91 Å². The van der Waals surface area contributed by atoms with E-state index in [2.05, 4.69) is 19.2 Å². The van der Waals surface area contributed by atoms with E-state index in [1.54, 1.807) is 0 Å². The molecular formula is C13H26N2O. The minimum atomic E-state index is -0.448. The summed E-state index contributed by atoms with van der Waals surface area (Å²) in [7, 11) is 0. The van der Waals surface area contributed by atoms with Crippen LogP contribution in [0.4, 0.5) is 0 Å². The normalized spacial score (nSPS) is 31.4. The number of hydrogen-bond acceptors (Lipinski definition) is 2. The summed E-state index contributed by atoms with van der Waals surface area (Å²) < 4.78 is 0. The van der Waals surface area contributed by atoms with Crippen LogP contribution in [0.25, 0.3) is 0 Å². The van der Waals surface area contributed by atoms with Crippen molar-refractivity contribution in [3.8, 4) is 0 Å². The van der Waals surface area contributed by atoms with Gasteiger partial charge in [-0.25, -0.2) is 0 Å². The Morgan fingerprint density at radius 3 is 2.25 bits per heavy atom. The first kappa shape index (κ1) is 13.5. The molecule has 94 valence electrons. The van der Waals surface area contributed by atoms with Crippen molar-refractivity contribution in [1.82, 2.24) is 5.32 Å². The molecule has 0 aromatic heterocycles. The number of rotatable bonds is 4. The van der Waals surface area contributed by atoms with E-state index in [-0.39, 0.29) is 5.91 Å². The average molecular weight is 226 g/mol. The van der Waals surface area contributed by atoms with E-state index in [9.17, 15) is 4.79 Å². The molecule has 2 unspecified atom stereocenters. The molecule has 0 bridgehead atoms. The highest BCUT2D eigenvalue weighted by atomic mass is 16.1. The highest BCUT2D eigenvalue weighted by molar-refractivity contribution is 5.80. The molecule has 0 saturated heterocycles. The number of amides is 1. The Morgan fingerprint density at radius 2 is 1.81 bits per heavy atom. The maximum absolute atomic E-state index is 11.2. The zero-order valence-electron chi connectivity index (χ0n) is 11.0. The van der Waals surface area contributed by atoms with E-state index in [1.807, 2.05) is 13.8 Å². The second kappa shape index (κ2) is 5.17. The number of carbonyl (C=O) groups excluding carboxylic acids is 1. The molecule has 0 spiro atoms. The van der Waals surface area contributed by atoms with Crippen LogP contribution in [0.5, 0.6) is 0 Å². The minimum Gasteiger partial charge on any atom is -0.369 e. The van der Waals surface area contributed by atoms with Crippen molar-refractivity contribution in [1.29, 1.82) is 0 Å². The highest BCUT2D eigenvalue weighted by Crippen LogP contribution is 2.29. The van der Waals surface area contributed by atoms with Gasteiger partial charge in [-0.3, -0.25) is 4.79 Å². The lowest BCUT2D eigenvalue weighted by molar-refractivity contribution is -0.125. The van der Waals surface area contributed by atoms with Gasteiger partial charge in [0.1, 0.15) is 0 Å². The van der Waals surface area contributed by atoms with Crippen LogP contribution in [0, 0.1) is 17.3 Å². The van der Waals surface area contributed by atoms with Crippen molar-refractivity contribution in [3.63, 3.8) is 0 Å². The van der Waals surface area contributed by atoms with E-state index < -0.39 is 5.41 Å². The predicted molar refractivity (Wildman–Crippen MR) is 66.9 cm³/mol. The van der Waals surface area contributed by atoms with Crippen molar-refractivity contribution in [2.24, 2.45) is 23.0 Å². The average Bonchev–Trinajstić information content (AvgIpc) is 2.16. The molecule has 0 aromatic rings. The van der Waals surface area contributed by atoms with Crippen LogP contribution >= 0.6 is 0 Å². The van der Waals surface area contributed by atoms with Gasteiger partial charge in [-0.1, -0.05) is 20.3 Å². The van der Waals surface area contributed by atoms with Crippen molar-refractivity contribution in [2.75, 3.05) is 6.54 Å². The molecule has 3 nitrogen and oxygen atoms in total. The fourth-order valence-corrected chi connectivity index (χ4v) is 2.54. The van der Waals surface area contributed by atoms with E-state index in [0.29, 0.717) is 24.4 Å². The maximum atomic E-state index is 11.2. The minimum absolute atomic E-state index is 0.226. The molecule has 0 heterocycles. The summed E-state index contributed by atoms with van der Waals surface area (Å²) in [4.78, 5) is 11.2. The van der Waals surface area contributed by atoms with Gasteiger partial charge in [-0.2, -0.15) is 0 Å². The molecule has 1 amide bonds. The third-order valence-electron chi connectivity index (χ3n) is 3.99. The van der Waals surface area contributed by atoms with Crippen LogP contribution in [0.1, 0.15) is 47.0 Å². The Hall–Kier alpha value is -0.570. The third kappa shape index (κ3) is 3.21. The van der Waals surface area contributed by atoms with E-state index in [0.717, 1.165) is 0 Å². The van der Waals surface area contributed by atoms with Crippen molar-refractivity contribution in [2.45, 2.75) is 53.0 Å². The summed E-state index contributed by atoms with van der Waals surface area (Å²) in [6.07, 6.45) is 3.91. The standard InChI is InChI=1S/C13H26N2O/c1-9-6-5-7-10(2)11(9)15-8-13(3,4)12(14)16/h9-11,15H,5-8H2,1-4H3,(H2,14,16). The molecule has 1 aliphatic rings. The molecule has 1 fully saturated rings. The van der Waals surface area contributed by atoms with Gasteiger partial charge in [0, 0.05) is 12.6 Å². The van der Waals surface area contributed by atoms with Gasteiger partial charge in [-0.15, -0.1) is 0 Å². The van der Waals surface area contributed by atoms with E-state index in [4.69, 9.17) is 5.73 Å². The first-order chi connectivity index (χ1) is 7.34. The maximum Gasteiger partial charge on any atom is 0.224 e. The topological polar surface area (TPSA) is 55.1 Å². The van der Waals surface area contributed by atoms with Crippen LogP contribution in [0.3, 0.4) is 0 Å². The first-order valence-corrected chi connectivity index (χ1v) is 6.38. The lowest BCUT2D eigenvalue weighted by Gasteiger charge is -2.37. The SMILES string of the molecule is CC1CCCC(C)C1NCC(C)(C)C(N)=O. The van der Waals surface area contributed by atoms with Crippen LogP contribution < -0.4 is 11.1 Å². The van der Waals surface area contributed by atoms with Gasteiger partial charge in [0.05, 0.1) is 5.41 Å². The summed E-state index contributed by atoms with van der Waals surface area (Å²) in [6, 6.07) is 0.535. The summed E-state index contributed by atoms with van der Waals surface area (Å²) in [6.45, 7) is 9.08. The first-order valence-electron chi connectivity index (χ1n) is 6.38. The summed E-state index contributed by atoms with van der Waals surface area (Å²) >= 11 is 0. The van der Waals surface area contributed by atoms with Crippen LogP contribution in [0.2, 0.25) is 0 Å². The van der Waals surface area contributed by atoms with Crippen molar-refractivity contribution in [3.05, 3.63) is 0 Å². The zero-order valence-corrected chi connectivity index (χ0v) is 11.0. The Kier molecular flexibility index (Phi) is 4.36. The van der Waals surface area contributed by atoms with E-state index >= 15 is 0 Å². The fourth-order valence-electron chi connectivity index (χ4n) is 2.54. The summed E-state index contributed by atoms with van der Waals surface area (Å²) in [5, 5.41) is 3.54. The van der Waals surface area contributed by atoms with Gasteiger partial charge in [0.15, 0.2) is 0 Å². The molecule has 0 aromatic carbocycles. The predicted octanol–water partition coefficient (Wildman–Crippen LogP) is 1.91. The summed E-state index contributed by atoms with van der Waals surface area (Å²) in [5.41, 5.74) is 4.93. The number of hydrogen-bond donors (Lipinski definition) is 2. The molecule has 16 heavy (non-hydrogen) atoms. The second-order valence-electron chi connectivity index (χ2n) is 6.04. The van der Waals surface area contributed by atoms with Crippen LogP contribution in [-0.2, 0) is 4.79 Å². The molecule has 1 saturated carbocycles. The molecule has 3 heteroatoms.